The second-order valence-electron chi connectivity index (χ2n) is 2.50. The van der Waals surface area contributed by atoms with Gasteiger partial charge in [0.25, 0.3) is 0 Å². The quantitative estimate of drug-likeness (QED) is 0.848. The third kappa shape index (κ3) is 3.57. The van der Waals surface area contributed by atoms with Gasteiger partial charge in [-0.2, -0.15) is 0 Å². The molecule has 1 aromatic carbocycles. The van der Waals surface area contributed by atoms with Crippen LogP contribution in [0.15, 0.2) is 18.2 Å². The molecule has 0 aliphatic rings. The van der Waals surface area contributed by atoms with Gasteiger partial charge in [-0.25, -0.2) is 4.79 Å². The van der Waals surface area contributed by atoms with Crippen LogP contribution >= 0.6 is 22.6 Å². The van der Waals surface area contributed by atoms with Gasteiger partial charge in [0.1, 0.15) is 5.75 Å². The molecule has 0 unspecified atom stereocenters. The molecule has 0 aliphatic carbocycles. The first kappa shape index (κ1) is 12.1. The molecule has 7 heteroatoms. The second-order valence-corrected chi connectivity index (χ2v) is 3.66. The number of alkyl halides is 3. The van der Waals surface area contributed by atoms with Crippen LogP contribution in [-0.4, -0.2) is 17.4 Å². The van der Waals surface area contributed by atoms with E-state index in [-0.39, 0.29) is 9.13 Å². The summed E-state index contributed by atoms with van der Waals surface area (Å²) >= 11 is 1.62. The Balaban J connectivity index is 3.06. The number of rotatable bonds is 2. The molecule has 0 radical (unpaired) electrons. The van der Waals surface area contributed by atoms with E-state index in [2.05, 4.69) is 4.74 Å². The zero-order valence-corrected chi connectivity index (χ0v) is 9.17. The van der Waals surface area contributed by atoms with E-state index in [1.54, 1.807) is 22.6 Å². The standard InChI is InChI=1S/C8H4F3IO3/c9-8(10,11)15-6-3-4(7(13)14)1-2-5(6)12/h1-3H,(H,13,14). The zero-order valence-electron chi connectivity index (χ0n) is 7.01. The molecule has 15 heavy (non-hydrogen) atoms. The fourth-order valence-electron chi connectivity index (χ4n) is 0.839. The van der Waals surface area contributed by atoms with Crippen LogP contribution in [0.5, 0.6) is 5.75 Å². The van der Waals surface area contributed by atoms with Gasteiger partial charge in [0.15, 0.2) is 0 Å². The smallest absolute Gasteiger partial charge is 0.478 e. The number of halogens is 4. The molecule has 0 bridgehead atoms. The summed E-state index contributed by atoms with van der Waals surface area (Å²) in [6, 6.07) is 3.27. The van der Waals surface area contributed by atoms with Crippen LogP contribution in [0.2, 0.25) is 0 Å². The van der Waals surface area contributed by atoms with Gasteiger partial charge in [-0.15, -0.1) is 13.2 Å². The van der Waals surface area contributed by atoms with Crippen LogP contribution in [0.3, 0.4) is 0 Å². The minimum Gasteiger partial charge on any atom is -0.478 e. The van der Waals surface area contributed by atoms with E-state index < -0.39 is 18.1 Å². The van der Waals surface area contributed by atoms with Crippen molar-refractivity contribution in [1.82, 2.24) is 0 Å². The Labute approximate surface area is 96.0 Å². The maximum atomic E-state index is 11.9. The Hall–Kier alpha value is -0.990. The highest BCUT2D eigenvalue weighted by Crippen LogP contribution is 2.28. The molecule has 0 aromatic heterocycles. The molecular formula is C8H4F3IO3. The summed E-state index contributed by atoms with van der Waals surface area (Å²) in [6.45, 7) is 0. The maximum absolute atomic E-state index is 11.9. The Morgan fingerprint density at radius 2 is 2.00 bits per heavy atom. The maximum Gasteiger partial charge on any atom is 0.573 e. The van der Waals surface area contributed by atoms with E-state index in [9.17, 15) is 18.0 Å². The number of carboxylic acids is 1. The summed E-state index contributed by atoms with van der Waals surface area (Å²) in [5, 5.41) is 8.56. The monoisotopic (exact) mass is 332 g/mol. The molecule has 0 saturated heterocycles. The number of hydrogen-bond donors (Lipinski definition) is 1. The van der Waals surface area contributed by atoms with Crippen molar-refractivity contribution in [2.24, 2.45) is 0 Å². The van der Waals surface area contributed by atoms with E-state index in [0.717, 1.165) is 6.07 Å². The highest BCUT2D eigenvalue weighted by Gasteiger charge is 2.32. The lowest BCUT2D eigenvalue weighted by molar-refractivity contribution is -0.275. The van der Waals surface area contributed by atoms with Gasteiger partial charge in [0.2, 0.25) is 0 Å². The van der Waals surface area contributed by atoms with E-state index in [1.807, 2.05) is 0 Å². The average Bonchev–Trinajstić information content (AvgIpc) is 2.06. The minimum atomic E-state index is -4.82. The lowest BCUT2D eigenvalue weighted by Gasteiger charge is -2.10. The summed E-state index contributed by atoms with van der Waals surface area (Å²) in [7, 11) is 0. The van der Waals surface area contributed by atoms with Gasteiger partial charge in [-0.05, 0) is 40.8 Å². The van der Waals surface area contributed by atoms with Crippen molar-refractivity contribution in [3.05, 3.63) is 27.3 Å². The normalized spacial score (nSPS) is 11.2. The van der Waals surface area contributed by atoms with E-state index in [0.29, 0.717) is 0 Å². The van der Waals surface area contributed by atoms with Crippen molar-refractivity contribution >= 4 is 28.6 Å². The molecule has 0 spiro atoms. The van der Waals surface area contributed by atoms with Crippen LogP contribution in [-0.2, 0) is 0 Å². The summed E-state index contributed by atoms with van der Waals surface area (Å²) in [6.07, 6.45) is -4.82. The topological polar surface area (TPSA) is 46.5 Å². The SMILES string of the molecule is O=C(O)c1ccc(I)c(OC(F)(F)F)c1. The van der Waals surface area contributed by atoms with Crippen molar-refractivity contribution in [3.63, 3.8) is 0 Å². The predicted octanol–water partition coefficient (Wildman–Crippen LogP) is 2.89. The highest BCUT2D eigenvalue weighted by molar-refractivity contribution is 14.1. The third-order valence-corrected chi connectivity index (χ3v) is 2.30. The molecule has 1 aromatic rings. The first-order chi connectivity index (χ1) is 6.79. The Morgan fingerprint density at radius 3 is 2.47 bits per heavy atom. The van der Waals surface area contributed by atoms with Gasteiger partial charge >= 0.3 is 12.3 Å². The van der Waals surface area contributed by atoms with Crippen LogP contribution in [0.1, 0.15) is 10.4 Å². The van der Waals surface area contributed by atoms with Crippen molar-refractivity contribution in [2.45, 2.75) is 6.36 Å². The lowest BCUT2D eigenvalue weighted by atomic mass is 10.2. The summed E-state index contributed by atoms with van der Waals surface area (Å²) in [5.74, 6) is -1.82. The molecular weight excluding hydrogens is 328 g/mol. The van der Waals surface area contributed by atoms with E-state index >= 15 is 0 Å². The number of aromatic carboxylic acids is 1. The van der Waals surface area contributed by atoms with Crippen LogP contribution < -0.4 is 4.74 Å². The third-order valence-electron chi connectivity index (χ3n) is 1.40. The van der Waals surface area contributed by atoms with Crippen LogP contribution in [0, 0.1) is 3.57 Å². The first-order valence-corrected chi connectivity index (χ1v) is 4.66. The Kier molecular flexibility index (Phi) is 3.42. The van der Waals surface area contributed by atoms with Gasteiger partial charge in [-0.3, -0.25) is 0 Å². The van der Waals surface area contributed by atoms with Gasteiger partial charge in [-0.1, -0.05) is 0 Å². The predicted molar refractivity (Wildman–Crippen MR) is 52.8 cm³/mol. The fraction of sp³-hybridized carbons (Fsp3) is 0.125. The molecule has 0 atom stereocenters. The number of hydrogen-bond acceptors (Lipinski definition) is 2. The molecule has 0 amide bonds. The van der Waals surface area contributed by atoms with Crippen molar-refractivity contribution in [2.75, 3.05) is 0 Å². The lowest BCUT2D eigenvalue weighted by Crippen LogP contribution is -2.18. The second kappa shape index (κ2) is 4.25. The highest BCUT2D eigenvalue weighted by atomic mass is 127. The molecule has 0 fully saturated rings. The van der Waals surface area contributed by atoms with Gasteiger partial charge in [0.05, 0.1) is 9.13 Å². The van der Waals surface area contributed by atoms with Crippen LogP contribution in [0.4, 0.5) is 13.2 Å². The average molecular weight is 332 g/mol. The Morgan fingerprint density at radius 1 is 1.40 bits per heavy atom. The summed E-state index contributed by atoms with van der Waals surface area (Å²) in [4.78, 5) is 10.5. The van der Waals surface area contributed by atoms with Crippen molar-refractivity contribution in [1.29, 1.82) is 0 Å². The van der Waals surface area contributed by atoms with Gasteiger partial charge in [0, 0.05) is 0 Å². The van der Waals surface area contributed by atoms with Crippen molar-refractivity contribution < 1.29 is 27.8 Å². The number of benzene rings is 1. The van der Waals surface area contributed by atoms with Crippen LogP contribution in [0.25, 0.3) is 0 Å². The molecule has 0 aliphatic heterocycles. The molecule has 0 saturated carbocycles. The number of ether oxygens (including phenoxy) is 1. The largest absolute Gasteiger partial charge is 0.573 e. The molecule has 82 valence electrons. The molecule has 1 N–H and O–H groups in total. The molecule has 0 heterocycles. The molecule has 1 rings (SSSR count). The number of carbonyl (C=O) groups is 1. The zero-order chi connectivity index (χ0) is 11.6. The molecule has 3 nitrogen and oxygen atoms in total. The van der Waals surface area contributed by atoms with E-state index in [4.69, 9.17) is 5.11 Å². The first-order valence-electron chi connectivity index (χ1n) is 3.58. The van der Waals surface area contributed by atoms with E-state index in [1.165, 1.54) is 12.1 Å². The fourth-order valence-corrected chi connectivity index (χ4v) is 1.28. The summed E-state index contributed by atoms with van der Waals surface area (Å²) < 4.78 is 39.5. The van der Waals surface area contributed by atoms with Gasteiger partial charge < -0.3 is 9.84 Å². The summed E-state index contributed by atoms with van der Waals surface area (Å²) in [5.41, 5.74) is -0.255. The van der Waals surface area contributed by atoms with Crippen molar-refractivity contribution in [3.8, 4) is 5.75 Å². The number of carboxylic acid groups (broad SMARTS) is 1. The Bertz CT molecular complexity index is 389. The minimum absolute atomic E-state index is 0.190.